The molecule has 0 bridgehead atoms. The second kappa shape index (κ2) is 8.14. The zero-order chi connectivity index (χ0) is 20.4. The molecule has 0 radical (unpaired) electrons. The Balaban J connectivity index is 1.90. The molecule has 1 aliphatic heterocycles. The third kappa shape index (κ3) is 3.54. The van der Waals surface area contributed by atoms with Gasteiger partial charge in [0.1, 0.15) is 34.5 Å². The zero-order valence-corrected chi connectivity index (χ0v) is 16.4. The van der Waals surface area contributed by atoms with Crippen LogP contribution in [0.1, 0.15) is 5.56 Å². The number of hydrogen-bond acceptors (Lipinski definition) is 7. The van der Waals surface area contributed by atoms with Gasteiger partial charge in [-0.1, -0.05) is 18.2 Å². The number of benzene rings is 2. The van der Waals surface area contributed by atoms with Gasteiger partial charge in [0.2, 0.25) is 5.43 Å². The van der Waals surface area contributed by atoms with Crippen LogP contribution in [0, 0.1) is 0 Å². The summed E-state index contributed by atoms with van der Waals surface area (Å²) in [6.45, 7) is 3.22. The normalized spacial score (nSPS) is 14.8. The predicted molar refractivity (Wildman–Crippen MR) is 109 cm³/mol. The van der Waals surface area contributed by atoms with Crippen LogP contribution in [-0.2, 0) is 11.3 Å². The minimum Gasteiger partial charge on any atom is -0.507 e. The monoisotopic (exact) mass is 397 g/mol. The van der Waals surface area contributed by atoms with Gasteiger partial charge in [0, 0.05) is 31.3 Å². The lowest BCUT2D eigenvalue weighted by Gasteiger charge is -2.27. The van der Waals surface area contributed by atoms with E-state index in [4.69, 9.17) is 18.6 Å². The summed E-state index contributed by atoms with van der Waals surface area (Å²) in [5.74, 6) is 0.883. The summed E-state index contributed by atoms with van der Waals surface area (Å²) in [6, 6.07) is 8.74. The van der Waals surface area contributed by atoms with Crippen LogP contribution in [0.2, 0.25) is 0 Å². The van der Waals surface area contributed by atoms with Crippen LogP contribution in [0.4, 0.5) is 0 Å². The van der Waals surface area contributed by atoms with Crippen molar-refractivity contribution < 1.29 is 23.7 Å². The Labute approximate surface area is 168 Å². The van der Waals surface area contributed by atoms with E-state index in [2.05, 4.69) is 4.90 Å². The molecule has 0 aliphatic carbocycles. The fourth-order valence-corrected chi connectivity index (χ4v) is 3.66. The molecule has 2 aromatic carbocycles. The van der Waals surface area contributed by atoms with E-state index < -0.39 is 0 Å². The molecule has 1 aliphatic rings. The minimum atomic E-state index is -0.240. The molecular formula is C22H23NO6. The number of methoxy groups -OCH3 is 2. The van der Waals surface area contributed by atoms with Crippen molar-refractivity contribution in [1.29, 1.82) is 0 Å². The quantitative estimate of drug-likeness (QED) is 0.709. The predicted octanol–water partition coefficient (Wildman–Crippen LogP) is 3.02. The molecule has 0 saturated carbocycles. The smallest absolute Gasteiger partial charge is 0.204 e. The number of para-hydroxylation sites is 1. The van der Waals surface area contributed by atoms with E-state index in [1.807, 2.05) is 12.1 Å². The second-order valence-corrected chi connectivity index (χ2v) is 6.85. The van der Waals surface area contributed by atoms with Crippen LogP contribution in [0.15, 0.2) is 45.8 Å². The van der Waals surface area contributed by atoms with Crippen LogP contribution in [0.5, 0.6) is 17.2 Å². The van der Waals surface area contributed by atoms with E-state index in [1.54, 1.807) is 19.2 Å². The van der Waals surface area contributed by atoms with E-state index in [1.165, 1.54) is 19.4 Å². The maximum Gasteiger partial charge on any atom is 0.204 e. The van der Waals surface area contributed by atoms with Crippen molar-refractivity contribution in [2.24, 2.45) is 0 Å². The summed E-state index contributed by atoms with van der Waals surface area (Å²) in [7, 11) is 3.02. The van der Waals surface area contributed by atoms with E-state index in [9.17, 15) is 9.90 Å². The van der Waals surface area contributed by atoms with E-state index in [0.717, 1.165) is 13.1 Å². The molecule has 0 unspecified atom stereocenters. The van der Waals surface area contributed by atoms with Crippen molar-refractivity contribution in [3.63, 3.8) is 0 Å². The van der Waals surface area contributed by atoms with Crippen molar-refractivity contribution in [3.05, 3.63) is 52.4 Å². The molecule has 7 heteroatoms. The summed E-state index contributed by atoms with van der Waals surface area (Å²) in [5.41, 5.74) is 1.66. The molecular weight excluding hydrogens is 374 g/mol. The summed E-state index contributed by atoms with van der Waals surface area (Å²) >= 11 is 0. The molecule has 1 aromatic heterocycles. The minimum absolute atomic E-state index is 0.0361. The Morgan fingerprint density at radius 1 is 1.07 bits per heavy atom. The van der Waals surface area contributed by atoms with Crippen molar-refractivity contribution in [3.8, 4) is 28.4 Å². The number of phenols is 1. The number of fused-ring (bicyclic) bond motifs is 1. The van der Waals surface area contributed by atoms with E-state index in [0.29, 0.717) is 53.2 Å². The zero-order valence-electron chi connectivity index (χ0n) is 16.4. The topological polar surface area (TPSA) is 81.4 Å². The molecule has 4 rings (SSSR count). The van der Waals surface area contributed by atoms with Gasteiger partial charge in [-0.25, -0.2) is 0 Å². The molecule has 3 aromatic rings. The van der Waals surface area contributed by atoms with Gasteiger partial charge in [-0.2, -0.15) is 0 Å². The largest absolute Gasteiger partial charge is 0.507 e. The molecule has 7 nitrogen and oxygen atoms in total. The number of phenolic OH excluding ortho intramolecular Hbond substituents is 1. The molecule has 0 spiro atoms. The molecule has 0 atom stereocenters. The first-order valence-electron chi connectivity index (χ1n) is 9.42. The summed E-state index contributed by atoms with van der Waals surface area (Å²) in [5, 5.41) is 10.9. The number of ether oxygens (including phenoxy) is 3. The first kappa shape index (κ1) is 19.3. The summed E-state index contributed by atoms with van der Waals surface area (Å²) in [6.07, 6.45) is 1.42. The number of hydrogen-bond donors (Lipinski definition) is 1. The lowest BCUT2D eigenvalue weighted by Crippen LogP contribution is -2.35. The first-order chi connectivity index (χ1) is 14.1. The number of rotatable bonds is 5. The molecule has 2 heterocycles. The van der Waals surface area contributed by atoms with Crippen molar-refractivity contribution in [1.82, 2.24) is 4.90 Å². The average molecular weight is 397 g/mol. The summed E-state index contributed by atoms with van der Waals surface area (Å²) < 4.78 is 22.1. The Kier molecular flexibility index (Phi) is 5.42. The SMILES string of the molecule is COc1ccccc1-c1coc2c(CN3CCOCC3)c(O)cc(OC)c2c1=O. The third-order valence-corrected chi connectivity index (χ3v) is 5.19. The van der Waals surface area contributed by atoms with Gasteiger partial charge >= 0.3 is 0 Å². The van der Waals surface area contributed by atoms with Crippen LogP contribution >= 0.6 is 0 Å². The van der Waals surface area contributed by atoms with E-state index >= 15 is 0 Å². The lowest BCUT2D eigenvalue weighted by atomic mass is 10.0. The first-order valence-corrected chi connectivity index (χ1v) is 9.42. The number of morpholine rings is 1. The maximum atomic E-state index is 13.4. The number of nitrogens with zero attached hydrogens (tertiary/aromatic N) is 1. The molecule has 0 amide bonds. The highest BCUT2D eigenvalue weighted by molar-refractivity contribution is 5.91. The standard InChI is InChI=1S/C22H23NO6/c1-26-18-6-4-3-5-14(18)16-13-29-22-15(12-23-7-9-28-10-8-23)17(24)11-19(27-2)20(22)21(16)25/h3-6,11,13,24H,7-10,12H2,1-2H3. The van der Waals surface area contributed by atoms with Crippen molar-refractivity contribution in [2.75, 3.05) is 40.5 Å². The Hall–Kier alpha value is -3.03. The van der Waals surface area contributed by atoms with Gasteiger partial charge in [0.05, 0.1) is 38.6 Å². The van der Waals surface area contributed by atoms with Gasteiger partial charge in [0.15, 0.2) is 0 Å². The number of aromatic hydroxyl groups is 1. The fraction of sp³-hybridized carbons (Fsp3) is 0.318. The highest BCUT2D eigenvalue weighted by atomic mass is 16.5. The average Bonchev–Trinajstić information content (AvgIpc) is 2.76. The van der Waals surface area contributed by atoms with Crippen LogP contribution < -0.4 is 14.9 Å². The van der Waals surface area contributed by atoms with Crippen LogP contribution in [-0.4, -0.2) is 50.5 Å². The van der Waals surface area contributed by atoms with Crippen LogP contribution in [0.3, 0.4) is 0 Å². The molecule has 29 heavy (non-hydrogen) atoms. The highest BCUT2D eigenvalue weighted by Crippen LogP contribution is 2.37. The second-order valence-electron chi connectivity index (χ2n) is 6.85. The highest BCUT2D eigenvalue weighted by Gasteiger charge is 2.23. The lowest BCUT2D eigenvalue weighted by molar-refractivity contribution is 0.0339. The third-order valence-electron chi connectivity index (χ3n) is 5.19. The Bertz CT molecular complexity index is 1080. The van der Waals surface area contributed by atoms with Crippen LogP contribution in [0.25, 0.3) is 22.1 Å². The molecule has 1 saturated heterocycles. The molecule has 1 fully saturated rings. The molecule has 152 valence electrons. The van der Waals surface area contributed by atoms with Gasteiger partial charge in [-0.15, -0.1) is 0 Å². The Morgan fingerprint density at radius 2 is 1.79 bits per heavy atom. The van der Waals surface area contributed by atoms with E-state index in [-0.39, 0.29) is 16.9 Å². The van der Waals surface area contributed by atoms with Gasteiger partial charge in [0.25, 0.3) is 0 Å². The Morgan fingerprint density at radius 3 is 2.52 bits per heavy atom. The summed E-state index contributed by atoms with van der Waals surface area (Å²) in [4.78, 5) is 15.6. The molecule has 1 N–H and O–H groups in total. The van der Waals surface area contributed by atoms with Gasteiger partial charge in [-0.05, 0) is 6.07 Å². The van der Waals surface area contributed by atoms with Gasteiger partial charge in [-0.3, -0.25) is 9.69 Å². The fourth-order valence-electron chi connectivity index (χ4n) is 3.66. The van der Waals surface area contributed by atoms with Gasteiger partial charge < -0.3 is 23.7 Å². The maximum absolute atomic E-state index is 13.4. The van der Waals surface area contributed by atoms with Crippen molar-refractivity contribution in [2.45, 2.75) is 6.54 Å². The van der Waals surface area contributed by atoms with Crippen molar-refractivity contribution >= 4 is 11.0 Å².